The fourth-order valence-corrected chi connectivity index (χ4v) is 5.34. The highest BCUT2D eigenvalue weighted by atomic mass is 16.5. The van der Waals surface area contributed by atoms with Gasteiger partial charge in [0.2, 0.25) is 17.7 Å². The van der Waals surface area contributed by atoms with Gasteiger partial charge in [-0.05, 0) is 23.8 Å². The maximum absolute atomic E-state index is 13.5. The van der Waals surface area contributed by atoms with Crippen molar-refractivity contribution in [2.45, 2.75) is 32.9 Å². The molecule has 2 fully saturated rings. The summed E-state index contributed by atoms with van der Waals surface area (Å²) >= 11 is 0. The summed E-state index contributed by atoms with van der Waals surface area (Å²) in [6.45, 7) is 5.60. The van der Waals surface area contributed by atoms with Crippen molar-refractivity contribution in [3.63, 3.8) is 0 Å². The summed E-state index contributed by atoms with van der Waals surface area (Å²) < 4.78 is 5.60. The van der Waals surface area contributed by atoms with Crippen molar-refractivity contribution < 1.29 is 19.1 Å². The van der Waals surface area contributed by atoms with Crippen LogP contribution >= 0.6 is 0 Å². The van der Waals surface area contributed by atoms with Gasteiger partial charge >= 0.3 is 0 Å². The molecule has 5 rings (SSSR count). The number of hydrogen-bond donors (Lipinski definition) is 0. The molecule has 3 heterocycles. The number of para-hydroxylation sites is 1. The second-order valence-electron chi connectivity index (χ2n) is 9.21. The average molecular weight is 404 g/mol. The fourth-order valence-electron chi connectivity index (χ4n) is 5.34. The zero-order chi connectivity index (χ0) is 21.4. The number of anilines is 1. The first-order chi connectivity index (χ1) is 14.3. The lowest BCUT2D eigenvalue weighted by Crippen LogP contribution is -2.42. The van der Waals surface area contributed by atoms with E-state index >= 15 is 0 Å². The molecule has 0 aromatic heterocycles. The normalized spacial score (nSPS) is 26.8. The Morgan fingerprint density at radius 3 is 2.13 bits per heavy atom. The molecule has 6 nitrogen and oxygen atoms in total. The lowest BCUT2D eigenvalue weighted by Gasteiger charge is -2.32. The lowest BCUT2D eigenvalue weighted by molar-refractivity contribution is -0.143. The third-order valence-corrected chi connectivity index (χ3v) is 6.50. The van der Waals surface area contributed by atoms with Gasteiger partial charge < -0.3 is 9.64 Å². The van der Waals surface area contributed by atoms with E-state index in [1.165, 1.54) is 4.90 Å². The number of amides is 3. The second kappa shape index (κ2) is 6.17. The largest absolute Gasteiger partial charge is 0.496 e. The number of rotatable bonds is 2. The molecule has 2 aromatic rings. The quantitative estimate of drug-likeness (QED) is 0.719. The van der Waals surface area contributed by atoms with E-state index in [0.29, 0.717) is 11.4 Å². The van der Waals surface area contributed by atoms with Gasteiger partial charge in [0, 0.05) is 11.0 Å². The van der Waals surface area contributed by atoms with Crippen LogP contribution in [-0.4, -0.2) is 29.7 Å². The Kier molecular flexibility index (Phi) is 3.88. The molecule has 3 aliphatic rings. The van der Waals surface area contributed by atoms with Gasteiger partial charge in [-0.1, -0.05) is 51.1 Å². The van der Waals surface area contributed by atoms with Crippen LogP contribution in [0.25, 0.3) is 0 Å². The molecule has 6 heteroatoms. The summed E-state index contributed by atoms with van der Waals surface area (Å²) in [6, 6.07) is 13.7. The molecule has 2 aromatic carbocycles. The first-order valence-electron chi connectivity index (χ1n) is 10.2. The van der Waals surface area contributed by atoms with E-state index in [2.05, 4.69) is 0 Å². The van der Waals surface area contributed by atoms with Crippen LogP contribution in [0.4, 0.5) is 5.69 Å². The number of nitrogens with zero attached hydrogens (tertiary/aromatic N) is 2. The summed E-state index contributed by atoms with van der Waals surface area (Å²) in [4.78, 5) is 43.6. The molecule has 154 valence electrons. The first kappa shape index (κ1) is 18.9. The van der Waals surface area contributed by atoms with E-state index in [1.54, 1.807) is 24.1 Å². The van der Waals surface area contributed by atoms with Crippen LogP contribution in [0, 0.1) is 17.3 Å². The zero-order valence-corrected chi connectivity index (χ0v) is 17.5. The molecule has 30 heavy (non-hydrogen) atoms. The van der Waals surface area contributed by atoms with Gasteiger partial charge in [-0.3, -0.25) is 14.4 Å². The topological polar surface area (TPSA) is 66.9 Å². The summed E-state index contributed by atoms with van der Waals surface area (Å²) in [5.41, 5.74) is 1.72. The van der Waals surface area contributed by atoms with Gasteiger partial charge in [0.05, 0.1) is 36.7 Å². The Morgan fingerprint density at radius 2 is 1.53 bits per heavy atom. The van der Waals surface area contributed by atoms with Crippen molar-refractivity contribution in [2.75, 3.05) is 12.0 Å². The molecule has 2 saturated heterocycles. The Hall–Kier alpha value is -3.15. The van der Waals surface area contributed by atoms with Gasteiger partial charge in [0.25, 0.3) is 0 Å². The summed E-state index contributed by atoms with van der Waals surface area (Å²) in [6.07, 6.45) is 0. The number of carbonyl (C=O) groups excluding carboxylic acids is 3. The highest BCUT2D eigenvalue weighted by Crippen LogP contribution is 2.64. The molecule has 3 amide bonds. The van der Waals surface area contributed by atoms with Crippen molar-refractivity contribution >= 4 is 23.4 Å². The van der Waals surface area contributed by atoms with Gasteiger partial charge in [0.15, 0.2) is 0 Å². The van der Waals surface area contributed by atoms with Crippen LogP contribution in [0.5, 0.6) is 5.75 Å². The van der Waals surface area contributed by atoms with Crippen LogP contribution in [0.1, 0.15) is 44.0 Å². The van der Waals surface area contributed by atoms with Crippen molar-refractivity contribution in [3.8, 4) is 5.75 Å². The van der Waals surface area contributed by atoms with Crippen LogP contribution in [0.2, 0.25) is 0 Å². The van der Waals surface area contributed by atoms with Crippen molar-refractivity contribution in [2.24, 2.45) is 17.3 Å². The molecule has 0 radical (unpaired) electrons. The standard InChI is InChI=1S/C24H24N2O4/c1-24(2,3)23(29)26-19-14-11-8-12-15(30-4)16(14)20(26)18-17(19)21(27)25(22(18)28)13-9-6-5-7-10-13/h5-12,17-20H,1-4H3. The fraction of sp³-hybridized carbons (Fsp3) is 0.375. The Labute approximate surface area is 175 Å². The third kappa shape index (κ3) is 2.27. The van der Waals surface area contributed by atoms with Crippen LogP contribution in [-0.2, 0) is 14.4 Å². The lowest BCUT2D eigenvalue weighted by atomic mass is 9.77. The minimum absolute atomic E-state index is 0.0583. The summed E-state index contributed by atoms with van der Waals surface area (Å²) in [5, 5.41) is 0. The molecule has 0 spiro atoms. The molecule has 0 N–H and O–H groups in total. The summed E-state index contributed by atoms with van der Waals surface area (Å²) in [5.74, 6) is -1.05. The van der Waals surface area contributed by atoms with Crippen molar-refractivity contribution in [1.82, 2.24) is 4.90 Å². The third-order valence-electron chi connectivity index (χ3n) is 6.50. The molecular formula is C24H24N2O4. The van der Waals surface area contributed by atoms with E-state index in [9.17, 15) is 14.4 Å². The van der Waals surface area contributed by atoms with Crippen molar-refractivity contribution in [1.29, 1.82) is 0 Å². The highest BCUT2D eigenvalue weighted by molar-refractivity contribution is 6.23. The molecule has 4 atom stereocenters. The molecular weight excluding hydrogens is 380 g/mol. The Balaban J connectivity index is 1.68. The van der Waals surface area contributed by atoms with Gasteiger partial charge in [0.1, 0.15) is 5.75 Å². The van der Waals surface area contributed by atoms with E-state index < -0.39 is 29.3 Å². The van der Waals surface area contributed by atoms with E-state index in [4.69, 9.17) is 4.74 Å². The number of methoxy groups -OCH3 is 1. The van der Waals surface area contributed by atoms with E-state index in [-0.39, 0.29) is 17.7 Å². The van der Waals surface area contributed by atoms with Gasteiger partial charge in [-0.2, -0.15) is 0 Å². The van der Waals surface area contributed by atoms with E-state index in [1.807, 2.05) is 57.2 Å². The minimum Gasteiger partial charge on any atom is -0.496 e. The monoisotopic (exact) mass is 404 g/mol. The minimum atomic E-state index is -0.629. The Bertz CT molecular complexity index is 1070. The number of benzene rings is 2. The maximum Gasteiger partial charge on any atom is 0.240 e. The molecule has 3 aliphatic heterocycles. The van der Waals surface area contributed by atoms with Gasteiger partial charge in [-0.15, -0.1) is 0 Å². The SMILES string of the molecule is COc1cccc2c1C1C3C(=O)N(c4ccccc4)C(=O)C3C2N1C(=O)C(C)(C)C. The average Bonchev–Trinajstić information content (AvgIpc) is 3.32. The highest BCUT2D eigenvalue weighted by Gasteiger charge is 2.69. The number of ether oxygens (including phenoxy) is 1. The van der Waals surface area contributed by atoms with Gasteiger partial charge in [-0.25, -0.2) is 4.90 Å². The molecule has 0 aliphatic carbocycles. The molecule has 4 unspecified atom stereocenters. The number of carbonyl (C=O) groups is 3. The summed E-state index contributed by atoms with van der Waals surface area (Å²) in [7, 11) is 1.59. The smallest absolute Gasteiger partial charge is 0.240 e. The second-order valence-corrected chi connectivity index (χ2v) is 9.21. The predicted molar refractivity (Wildman–Crippen MR) is 111 cm³/mol. The number of hydrogen-bond acceptors (Lipinski definition) is 4. The van der Waals surface area contributed by atoms with Crippen LogP contribution in [0.15, 0.2) is 48.5 Å². The van der Waals surface area contributed by atoms with Crippen LogP contribution in [0.3, 0.4) is 0 Å². The number of fused-ring (bicyclic) bond motifs is 8. The maximum atomic E-state index is 13.5. The van der Waals surface area contributed by atoms with Crippen molar-refractivity contribution in [3.05, 3.63) is 59.7 Å². The Morgan fingerprint density at radius 1 is 0.900 bits per heavy atom. The first-order valence-corrected chi connectivity index (χ1v) is 10.2. The zero-order valence-electron chi connectivity index (χ0n) is 17.5. The predicted octanol–water partition coefficient (Wildman–Crippen LogP) is 3.49. The van der Waals surface area contributed by atoms with E-state index in [0.717, 1.165) is 11.1 Å². The molecule has 2 bridgehead atoms. The molecule has 0 saturated carbocycles. The van der Waals surface area contributed by atoms with Crippen LogP contribution < -0.4 is 9.64 Å². The number of imide groups is 1.